The number of hydrazine groups is 1. The number of hydrogen-bond donors (Lipinski definition) is 3. The Labute approximate surface area is 149 Å². The zero-order valence-electron chi connectivity index (χ0n) is 13.9. The summed E-state index contributed by atoms with van der Waals surface area (Å²) in [5, 5.41) is 9.53. The van der Waals surface area contributed by atoms with E-state index in [1.54, 1.807) is 37.4 Å². The van der Waals surface area contributed by atoms with E-state index in [0.29, 0.717) is 16.9 Å². The fourth-order valence-corrected chi connectivity index (χ4v) is 2.41. The van der Waals surface area contributed by atoms with Crippen molar-refractivity contribution >= 4 is 22.7 Å². The van der Waals surface area contributed by atoms with Gasteiger partial charge in [0.1, 0.15) is 5.75 Å². The molecule has 3 N–H and O–H groups in total. The number of carbonyl (C=O) groups is 2. The molecule has 1 aromatic heterocycles. The van der Waals surface area contributed by atoms with E-state index < -0.39 is 17.9 Å². The molecule has 7 nitrogen and oxygen atoms in total. The zero-order chi connectivity index (χ0) is 18.5. The minimum absolute atomic E-state index is 0.429. The maximum atomic E-state index is 12.3. The number of amides is 2. The average molecular weight is 348 g/mol. The van der Waals surface area contributed by atoms with Crippen LogP contribution in [-0.2, 0) is 4.79 Å². The third kappa shape index (κ3) is 3.65. The van der Waals surface area contributed by atoms with Crippen LogP contribution in [-0.4, -0.2) is 22.9 Å². The number of H-pyrrole nitrogens is 1. The number of para-hydroxylation sites is 1. The van der Waals surface area contributed by atoms with Gasteiger partial charge in [0.25, 0.3) is 11.8 Å². The molecule has 0 aliphatic heterocycles. The maximum Gasteiger partial charge on any atom is 0.279 e. The van der Waals surface area contributed by atoms with E-state index in [0.717, 1.165) is 10.9 Å². The number of rotatable bonds is 4. The number of aromatic nitrogens is 1. The van der Waals surface area contributed by atoms with Crippen LogP contribution in [0.2, 0.25) is 0 Å². The summed E-state index contributed by atoms with van der Waals surface area (Å²) in [4.78, 5) is 27.4. The van der Waals surface area contributed by atoms with Crippen molar-refractivity contribution in [1.29, 1.82) is 5.26 Å². The van der Waals surface area contributed by atoms with Crippen molar-refractivity contribution in [3.8, 4) is 11.8 Å². The molecule has 2 amide bonds. The Kier molecular flexibility index (Phi) is 4.85. The fourth-order valence-electron chi connectivity index (χ4n) is 2.41. The summed E-state index contributed by atoms with van der Waals surface area (Å²) in [5.74, 6) is -0.474. The molecule has 3 aromatic rings. The van der Waals surface area contributed by atoms with Crippen LogP contribution in [0.5, 0.6) is 5.75 Å². The number of nitriles is 1. The topological polar surface area (TPSA) is 107 Å². The number of carbonyl (C=O) groups excluding carboxylic acids is 2. The molecule has 0 aliphatic rings. The van der Waals surface area contributed by atoms with Gasteiger partial charge in [0.2, 0.25) is 0 Å². The molecular weight excluding hydrogens is 332 g/mol. The Morgan fingerprint density at radius 2 is 1.85 bits per heavy atom. The zero-order valence-corrected chi connectivity index (χ0v) is 13.9. The number of nitrogens with one attached hydrogen (secondary N) is 3. The van der Waals surface area contributed by atoms with Crippen molar-refractivity contribution in [2.75, 3.05) is 0 Å². The lowest BCUT2D eigenvalue weighted by atomic mass is 10.2. The van der Waals surface area contributed by atoms with Gasteiger partial charge in [-0.25, -0.2) is 0 Å². The standard InChI is InChI=1S/C19H16N4O3/c1-12(26-14-8-6-13(10-20)7-9-14)18(24)22-23-19(25)16-11-21-17-5-3-2-4-15(16)17/h2-9,11-12,21H,1H3,(H,22,24)(H,23,25). The average Bonchev–Trinajstić information content (AvgIpc) is 3.10. The van der Waals surface area contributed by atoms with Gasteiger partial charge in [0, 0.05) is 17.1 Å². The van der Waals surface area contributed by atoms with Crippen molar-refractivity contribution in [3.63, 3.8) is 0 Å². The summed E-state index contributed by atoms with van der Waals surface area (Å²) in [6.07, 6.45) is 0.759. The highest BCUT2D eigenvalue weighted by atomic mass is 16.5. The van der Waals surface area contributed by atoms with E-state index in [4.69, 9.17) is 10.00 Å². The summed E-state index contributed by atoms with van der Waals surface area (Å²) < 4.78 is 5.49. The van der Waals surface area contributed by atoms with Gasteiger partial charge in [-0.05, 0) is 37.3 Å². The van der Waals surface area contributed by atoms with Gasteiger partial charge in [0.15, 0.2) is 6.10 Å². The first-order valence-corrected chi connectivity index (χ1v) is 7.91. The molecule has 3 rings (SSSR count). The predicted octanol–water partition coefficient (Wildman–Crippen LogP) is 2.27. The quantitative estimate of drug-likeness (QED) is 0.629. The van der Waals surface area contributed by atoms with Gasteiger partial charge < -0.3 is 9.72 Å². The first-order chi connectivity index (χ1) is 12.6. The highest BCUT2D eigenvalue weighted by molar-refractivity contribution is 6.07. The second-order valence-electron chi connectivity index (χ2n) is 5.59. The second kappa shape index (κ2) is 7.40. The molecule has 0 saturated carbocycles. The lowest BCUT2D eigenvalue weighted by molar-refractivity contribution is -0.128. The van der Waals surface area contributed by atoms with Gasteiger partial charge in [-0.15, -0.1) is 0 Å². The normalized spacial score (nSPS) is 11.4. The van der Waals surface area contributed by atoms with Gasteiger partial charge >= 0.3 is 0 Å². The SMILES string of the molecule is CC(Oc1ccc(C#N)cc1)C(=O)NNC(=O)c1c[nH]c2ccccc12. The van der Waals surface area contributed by atoms with Crippen molar-refractivity contribution in [2.24, 2.45) is 0 Å². The molecule has 0 fully saturated rings. The Hall–Kier alpha value is -3.79. The van der Waals surface area contributed by atoms with E-state index in [1.165, 1.54) is 0 Å². The van der Waals surface area contributed by atoms with Crippen LogP contribution in [0, 0.1) is 11.3 Å². The predicted molar refractivity (Wildman–Crippen MR) is 95.2 cm³/mol. The molecule has 1 unspecified atom stereocenters. The van der Waals surface area contributed by atoms with Crippen molar-refractivity contribution in [3.05, 3.63) is 65.9 Å². The van der Waals surface area contributed by atoms with Gasteiger partial charge in [-0.1, -0.05) is 18.2 Å². The van der Waals surface area contributed by atoms with Crippen molar-refractivity contribution < 1.29 is 14.3 Å². The first-order valence-electron chi connectivity index (χ1n) is 7.91. The van der Waals surface area contributed by atoms with E-state index in [-0.39, 0.29) is 0 Å². The number of aromatic amines is 1. The molecule has 0 aliphatic carbocycles. The van der Waals surface area contributed by atoms with E-state index in [9.17, 15) is 9.59 Å². The van der Waals surface area contributed by atoms with E-state index in [2.05, 4.69) is 15.8 Å². The molecule has 0 saturated heterocycles. The van der Waals surface area contributed by atoms with Crippen LogP contribution in [0.1, 0.15) is 22.8 Å². The molecule has 1 heterocycles. The Bertz CT molecular complexity index is 986. The molecule has 130 valence electrons. The molecular formula is C19H16N4O3. The third-order valence-electron chi connectivity index (χ3n) is 3.80. The number of nitrogens with zero attached hydrogens (tertiary/aromatic N) is 1. The van der Waals surface area contributed by atoms with Crippen LogP contribution < -0.4 is 15.6 Å². The molecule has 1 atom stereocenters. The smallest absolute Gasteiger partial charge is 0.279 e. The highest BCUT2D eigenvalue weighted by Crippen LogP contribution is 2.17. The highest BCUT2D eigenvalue weighted by Gasteiger charge is 2.17. The minimum atomic E-state index is -0.828. The Morgan fingerprint density at radius 3 is 2.58 bits per heavy atom. The lowest BCUT2D eigenvalue weighted by Gasteiger charge is -2.15. The van der Waals surface area contributed by atoms with E-state index in [1.807, 2.05) is 30.3 Å². The molecule has 0 spiro atoms. The third-order valence-corrected chi connectivity index (χ3v) is 3.80. The minimum Gasteiger partial charge on any atom is -0.481 e. The summed E-state index contributed by atoms with van der Waals surface area (Å²) in [6, 6.07) is 15.8. The first kappa shape index (κ1) is 17.0. The number of benzene rings is 2. The number of ether oxygens (including phenoxy) is 1. The van der Waals surface area contributed by atoms with Crippen LogP contribution in [0.4, 0.5) is 0 Å². The van der Waals surface area contributed by atoms with Crippen LogP contribution in [0.15, 0.2) is 54.7 Å². The van der Waals surface area contributed by atoms with Crippen LogP contribution in [0.25, 0.3) is 10.9 Å². The summed E-state index contributed by atoms with van der Waals surface area (Å²) in [5.41, 5.74) is 6.50. The summed E-state index contributed by atoms with van der Waals surface area (Å²) in [7, 11) is 0. The number of hydrogen-bond acceptors (Lipinski definition) is 4. The molecule has 2 aromatic carbocycles. The molecule has 26 heavy (non-hydrogen) atoms. The van der Waals surface area contributed by atoms with Gasteiger partial charge in [0.05, 0.1) is 17.2 Å². The molecule has 7 heteroatoms. The molecule has 0 radical (unpaired) electrons. The Morgan fingerprint density at radius 1 is 1.12 bits per heavy atom. The summed E-state index contributed by atoms with van der Waals surface area (Å²) >= 11 is 0. The fraction of sp³-hybridized carbons (Fsp3) is 0.105. The van der Waals surface area contributed by atoms with Crippen molar-refractivity contribution in [2.45, 2.75) is 13.0 Å². The maximum absolute atomic E-state index is 12.3. The molecule has 0 bridgehead atoms. The van der Waals surface area contributed by atoms with Gasteiger partial charge in [-0.2, -0.15) is 5.26 Å². The monoisotopic (exact) mass is 348 g/mol. The lowest BCUT2D eigenvalue weighted by Crippen LogP contribution is -2.47. The van der Waals surface area contributed by atoms with Crippen molar-refractivity contribution in [1.82, 2.24) is 15.8 Å². The van der Waals surface area contributed by atoms with Crippen LogP contribution >= 0.6 is 0 Å². The van der Waals surface area contributed by atoms with Crippen LogP contribution in [0.3, 0.4) is 0 Å². The Balaban J connectivity index is 1.57. The second-order valence-corrected chi connectivity index (χ2v) is 5.59. The van der Waals surface area contributed by atoms with E-state index >= 15 is 0 Å². The number of fused-ring (bicyclic) bond motifs is 1. The summed E-state index contributed by atoms with van der Waals surface area (Å²) in [6.45, 7) is 1.56. The van der Waals surface area contributed by atoms with Gasteiger partial charge in [-0.3, -0.25) is 20.4 Å². The largest absolute Gasteiger partial charge is 0.481 e.